The number of carbonyl (C=O) groups is 2. The second kappa shape index (κ2) is 5.71. The van der Waals surface area contributed by atoms with Crippen molar-refractivity contribution < 1.29 is 19.8 Å². The van der Waals surface area contributed by atoms with E-state index in [-0.39, 0.29) is 23.1 Å². The van der Waals surface area contributed by atoms with Gasteiger partial charge in [-0.15, -0.1) is 0 Å². The number of carbonyl (C=O) groups excluding carboxylic acids is 1. The SMILES string of the molecule is O=C(O)CC1(NC(=O)c2ccc(O)c(Cl)c2)CCCC1. The highest BCUT2D eigenvalue weighted by atomic mass is 35.5. The van der Waals surface area contributed by atoms with Gasteiger partial charge in [-0.25, -0.2) is 0 Å². The van der Waals surface area contributed by atoms with Crippen LogP contribution in [0.5, 0.6) is 5.75 Å². The Hall–Kier alpha value is -1.75. The van der Waals surface area contributed by atoms with E-state index in [0.717, 1.165) is 12.8 Å². The van der Waals surface area contributed by atoms with Gasteiger partial charge in [0.2, 0.25) is 0 Å². The molecule has 1 aromatic rings. The van der Waals surface area contributed by atoms with Crippen molar-refractivity contribution in [1.29, 1.82) is 0 Å². The van der Waals surface area contributed by atoms with Crippen LogP contribution in [0.4, 0.5) is 0 Å². The normalized spacial score (nSPS) is 16.9. The fourth-order valence-electron chi connectivity index (χ4n) is 2.65. The van der Waals surface area contributed by atoms with Crippen molar-refractivity contribution in [3.05, 3.63) is 28.8 Å². The lowest BCUT2D eigenvalue weighted by Gasteiger charge is -2.28. The summed E-state index contributed by atoms with van der Waals surface area (Å²) in [6.45, 7) is 0. The predicted molar refractivity (Wildman–Crippen MR) is 74.0 cm³/mol. The van der Waals surface area contributed by atoms with Crippen LogP contribution in [0.15, 0.2) is 18.2 Å². The Labute approximate surface area is 121 Å². The summed E-state index contributed by atoms with van der Waals surface area (Å²) in [6.07, 6.45) is 3.06. The van der Waals surface area contributed by atoms with Gasteiger partial charge >= 0.3 is 5.97 Å². The van der Waals surface area contributed by atoms with Crippen LogP contribution >= 0.6 is 11.6 Å². The quantitative estimate of drug-likeness (QED) is 0.797. The van der Waals surface area contributed by atoms with Crippen molar-refractivity contribution in [2.45, 2.75) is 37.6 Å². The number of aromatic hydroxyl groups is 1. The summed E-state index contributed by atoms with van der Waals surface area (Å²) in [5.41, 5.74) is -0.364. The van der Waals surface area contributed by atoms with E-state index in [1.54, 1.807) is 0 Å². The van der Waals surface area contributed by atoms with Gasteiger partial charge in [0.1, 0.15) is 5.75 Å². The Bertz CT molecular complexity index is 538. The molecule has 20 heavy (non-hydrogen) atoms. The van der Waals surface area contributed by atoms with E-state index in [1.807, 2.05) is 0 Å². The monoisotopic (exact) mass is 297 g/mol. The van der Waals surface area contributed by atoms with Crippen LogP contribution in [0, 0.1) is 0 Å². The lowest BCUT2D eigenvalue weighted by molar-refractivity contribution is -0.138. The maximum absolute atomic E-state index is 12.2. The fraction of sp³-hybridized carbons (Fsp3) is 0.429. The molecule has 3 N–H and O–H groups in total. The smallest absolute Gasteiger partial charge is 0.305 e. The van der Waals surface area contributed by atoms with Crippen LogP contribution in [0.2, 0.25) is 5.02 Å². The Morgan fingerprint density at radius 1 is 1.30 bits per heavy atom. The first-order valence-electron chi connectivity index (χ1n) is 6.45. The first-order chi connectivity index (χ1) is 9.42. The van der Waals surface area contributed by atoms with Gasteiger partial charge in [-0.05, 0) is 31.0 Å². The third-order valence-corrected chi connectivity index (χ3v) is 3.94. The maximum atomic E-state index is 12.2. The van der Waals surface area contributed by atoms with Crippen LogP contribution in [0.1, 0.15) is 42.5 Å². The van der Waals surface area contributed by atoms with E-state index in [4.69, 9.17) is 16.7 Å². The van der Waals surface area contributed by atoms with Crippen LogP contribution in [-0.4, -0.2) is 27.6 Å². The first-order valence-corrected chi connectivity index (χ1v) is 6.82. The van der Waals surface area contributed by atoms with Crippen LogP contribution in [-0.2, 0) is 4.79 Å². The zero-order valence-corrected chi connectivity index (χ0v) is 11.6. The van der Waals surface area contributed by atoms with E-state index in [9.17, 15) is 14.7 Å². The molecule has 0 aliphatic heterocycles. The summed E-state index contributed by atoms with van der Waals surface area (Å²) in [7, 11) is 0. The third kappa shape index (κ3) is 3.22. The van der Waals surface area contributed by atoms with Crippen LogP contribution in [0.25, 0.3) is 0 Å². The van der Waals surface area contributed by atoms with Crippen molar-refractivity contribution in [3.63, 3.8) is 0 Å². The molecule has 1 aliphatic carbocycles. The molecule has 5 nitrogen and oxygen atoms in total. The fourth-order valence-corrected chi connectivity index (χ4v) is 2.83. The predicted octanol–water partition coefficient (Wildman–Crippen LogP) is 2.56. The molecule has 108 valence electrons. The molecule has 0 heterocycles. The number of amides is 1. The van der Waals surface area contributed by atoms with Gasteiger partial charge in [0.25, 0.3) is 5.91 Å². The number of hydrogen-bond acceptors (Lipinski definition) is 3. The number of carboxylic acids is 1. The van der Waals surface area contributed by atoms with Gasteiger partial charge < -0.3 is 15.5 Å². The average Bonchev–Trinajstić information content (AvgIpc) is 2.79. The van der Waals surface area contributed by atoms with Gasteiger partial charge in [0.05, 0.1) is 17.0 Å². The summed E-state index contributed by atoms with van der Waals surface area (Å²) < 4.78 is 0. The van der Waals surface area contributed by atoms with Crippen LogP contribution in [0.3, 0.4) is 0 Å². The first kappa shape index (κ1) is 14.7. The molecule has 0 atom stereocenters. The molecular formula is C14H16ClNO4. The zero-order chi connectivity index (χ0) is 14.8. The van der Waals surface area contributed by atoms with Crippen molar-refractivity contribution in [3.8, 4) is 5.75 Å². The number of benzene rings is 1. The summed E-state index contributed by atoms with van der Waals surface area (Å²) in [4.78, 5) is 23.2. The lowest BCUT2D eigenvalue weighted by atomic mass is 9.92. The number of halogens is 1. The molecule has 0 radical (unpaired) electrons. The molecule has 1 aromatic carbocycles. The maximum Gasteiger partial charge on any atom is 0.305 e. The van der Waals surface area contributed by atoms with Crippen molar-refractivity contribution in [2.24, 2.45) is 0 Å². The highest BCUT2D eigenvalue weighted by Gasteiger charge is 2.37. The molecule has 0 spiro atoms. The molecule has 1 aliphatic rings. The second-order valence-corrected chi connectivity index (χ2v) is 5.59. The molecule has 0 bridgehead atoms. The molecule has 1 saturated carbocycles. The highest BCUT2D eigenvalue weighted by molar-refractivity contribution is 6.32. The number of rotatable bonds is 4. The Balaban J connectivity index is 2.16. The molecule has 6 heteroatoms. The Morgan fingerprint density at radius 3 is 2.50 bits per heavy atom. The van der Waals surface area contributed by atoms with Gasteiger partial charge in [-0.2, -0.15) is 0 Å². The van der Waals surface area contributed by atoms with E-state index < -0.39 is 11.5 Å². The average molecular weight is 298 g/mol. The largest absolute Gasteiger partial charge is 0.506 e. The zero-order valence-electron chi connectivity index (χ0n) is 10.9. The molecule has 2 rings (SSSR count). The number of carboxylic acid groups (broad SMARTS) is 1. The minimum Gasteiger partial charge on any atom is -0.506 e. The van der Waals surface area contributed by atoms with Crippen molar-refractivity contribution in [2.75, 3.05) is 0 Å². The van der Waals surface area contributed by atoms with E-state index in [2.05, 4.69) is 5.32 Å². The number of hydrogen-bond donors (Lipinski definition) is 3. The minimum absolute atomic E-state index is 0.0788. The van der Waals surface area contributed by atoms with E-state index in [0.29, 0.717) is 18.4 Å². The van der Waals surface area contributed by atoms with Gasteiger partial charge in [0, 0.05) is 5.56 Å². The summed E-state index contributed by atoms with van der Waals surface area (Å²) in [5.74, 6) is -1.38. The van der Waals surface area contributed by atoms with Gasteiger partial charge in [-0.1, -0.05) is 24.4 Å². The standard InChI is InChI=1S/C14H16ClNO4/c15-10-7-9(3-4-11(10)17)13(20)16-14(8-12(18)19)5-1-2-6-14/h3-4,7,17H,1-2,5-6,8H2,(H,16,20)(H,18,19). The molecular weight excluding hydrogens is 282 g/mol. The summed E-state index contributed by atoms with van der Waals surface area (Å²) >= 11 is 5.77. The number of phenols is 1. The van der Waals surface area contributed by atoms with Gasteiger partial charge in [-0.3, -0.25) is 9.59 Å². The van der Waals surface area contributed by atoms with Gasteiger partial charge in [0.15, 0.2) is 0 Å². The van der Waals surface area contributed by atoms with E-state index in [1.165, 1.54) is 18.2 Å². The molecule has 1 amide bonds. The molecule has 0 saturated heterocycles. The minimum atomic E-state index is -0.920. The summed E-state index contributed by atoms with van der Waals surface area (Å²) in [6, 6.07) is 4.17. The number of aliphatic carboxylic acids is 1. The molecule has 1 fully saturated rings. The molecule has 0 unspecified atom stereocenters. The second-order valence-electron chi connectivity index (χ2n) is 5.18. The van der Waals surface area contributed by atoms with Crippen molar-refractivity contribution in [1.82, 2.24) is 5.32 Å². The summed E-state index contributed by atoms with van der Waals surface area (Å²) in [5, 5.41) is 21.3. The Kier molecular flexibility index (Phi) is 4.18. The number of phenolic OH excluding ortho intramolecular Hbond substituents is 1. The topological polar surface area (TPSA) is 86.6 Å². The van der Waals surface area contributed by atoms with Crippen LogP contribution < -0.4 is 5.32 Å². The number of nitrogens with one attached hydrogen (secondary N) is 1. The third-order valence-electron chi connectivity index (χ3n) is 3.64. The van der Waals surface area contributed by atoms with Crippen molar-refractivity contribution >= 4 is 23.5 Å². The Morgan fingerprint density at radius 2 is 1.95 bits per heavy atom. The molecule has 0 aromatic heterocycles. The lowest BCUT2D eigenvalue weighted by Crippen LogP contribution is -2.47. The highest BCUT2D eigenvalue weighted by Crippen LogP contribution is 2.33. The van der Waals surface area contributed by atoms with E-state index >= 15 is 0 Å².